The van der Waals surface area contributed by atoms with Crippen molar-refractivity contribution < 1.29 is 4.79 Å². The molecule has 8 rings (SSSR count). The molecule has 0 saturated carbocycles. The molecule has 0 fully saturated rings. The second-order valence-electron chi connectivity index (χ2n) is 13.4. The van der Waals surface area contributed by atoms with E-state index in [0.717, 1.165) is 50.2 Å². The largest absolute Gasteiger partial charge is 0.310 e. The highest BCUT2D eigenvalue weighted by Gasteiger charge is 2.38. The summed E-state index contributed by atoms with van der Waals surface area (Å²) >= 11 is 0. The first-order valence-electron chi connectivity index (χ1n) is 15.7. The van der Waals surface area contributed by atoms with Crippen molar-refractivity contribution in [2.75, 3.05) is 4.90 Å². The van der Waals surface area contributed by atoms with Gasteiger partial charge in [-0.25, -0.2) is 0 Å². The summed E-state index contributed by atoms with van der Waals surface area (Å²) in [5.74, 6) is 0.100. The fraction of sp³-hybridized carbons (Fsp3) is 0.140. The van der Waals surface area contributed by atoms with E-state index in [4.69, 9.17) is 0 Å². The third kappa shape index (κ3) is 4.13. The molecule has 0 bridgehead atoms. The molecule has 0 unspecified atom stereocenters. The van der Waals surface area contributed by atoms with Gasteiger partial charge in [-0.05, 0) is 80.9 Å². The number of benzene rings is 6. The van der Waals surface area contributed by atoms with E-state index < -0.39 is 0 Å². The number of para-hydroxylation sites is 2. The number of ketones is 1. The van der Waals surface area contributed by atoms with Crippen LogP contribution < -0.4 is 4.90 Å². The molecule has 0 amide bonds. The maximum absolute atomic E-state index is 13.8. The van der Waals surface area contributed by atoms with Crippen LogP contribution in [-0.2, 0) is 10.8 Å². The van der Waals surface area contributed by atoms with Gasteiger partial charge in [0.05, 0.1) is 11.4 Å². The Bertz CT molecular complexity index is 2090. The van der Waals surface area contributed by atoms with Crippen molar-refractivity contribution in [3.63, 3.8) is 0 Å². The number of carbonyl (C=O) groups excluding carboxylic acids is 1. The van der Waals surface area contributed by atoms with Gasteiger partial charge in [0, 0.05) is 27.6 Å². The zero-order chi connectivity index (χ0) is 30.9. The third-order valence-corrected chi connectivity index (χ3v) is 10.1. The van der Waals surface area contributed by atoms with Crippen molar-refractivity contribution in [2.24, 2.45) is 0 Å². The third-order valence-electron chi connectivity index (χ3n) is 10.1. The van der Waals surface area contributed by atoms with E-state index in [2.05, 4.69) is 154 Å². The zero-order valence-corrected chi connectivity index (χ0v) is 26.1. The molecule has 2 heteroatoms. The lowest BCUT2D eigenvalue weighted by Crippen LogP contribution is -2.30. The van der Waals surface area contributed by atoms with Crippen LogP contribution in [0.1, 0.15) is 65.9 Å². The first kappa shape index (κ1) is 27.3. The van der Waals surface area contributed by atoms with Crippen LogP contribution in [0.3, 0.4) is 0 Å². The van der Waals surface area contributed by atoms with Crippen molar-refractivity contribution in [3.05, 3.63) is 173 Å². The Kier molecular flexibility index (Phi) is 6.02. The molecule has 1 heterocycles. The molecule has 0 aromatic heterocycles. The molecule has 0 saturated heterocycles. The number of hydrogen-bond donors (Lipinski definition) is 0. The second kappa shape index (κ2) is 9.90. The fourth-order valence-electron chi connectivity index (χ4n) is 7.57. The molecular formula is C43H35NO. The highest BCUT2D eigenvalue weighted by molar-refractivity contribution is 6.13. The van der Waals surface area contributed by atoms with Crippen LogP contribution in [0.5, 0.6) is 0 Å². The maximum Gasteiger partial charge on any atom is 0.193 e. The van der Waals surface area contributed by atoms with Crippen molar-refractivity contribution in [1.82, 2.24) is 0 Å². The Morgan fingerprint density at radius 3 is 1.49 bits per heavy atom. The lowest BCUT2D eigenvalue weighted by molar-refractivity contribution is 0.103. The Morgan fingerprint density at radius 1 is 0.422 bits per heavy atom. The van der Waals surface area contributed by atoms with Crippen LogP contribution in [0.25, 0.3) is 22.3 Å². The number of rotatable bonds is 3. The van der Waals surface area contributed by atoms with E-state index in [1.54, 1.807) is 0 Å². The van der Waals surface area contributed by atoms with Crippen molar-refractivity contribution >= 4 is 22.8 Å². The molecule has 0 atom stereocenters. The summed E-state index contributed by atoms with van der Waals surface area (Å²) < 4.78 is 0. The smallest absolute Gasteiger partial charge is 0.193 e. The molecule has 1 aliphatic carbocycles. The Labute approximate surface area is 265 Å². The van der Waals surface area contributed by atoms with Gasteiger partial charge < -0.3 is 4.90 Å². The maximum atomic E-state index is 13.8. The summed E-state index contributed by atoms with van der Waals surface area (Å²) in [7, 11) is 0. The Morgan fingerprint density at radius 2 is 0.889 bits per heavy atom. The van der Waals surface area contributed by atoms with Crippen LogP contribution in [0.4, 0.5) is 17.1 Å². The van der Waals surface area contributed by atoms with Gasteiger partial charge in [-0.1, -0.05) is 131 Å². The number of anilines is 3. The fourth-order valence-corrected chi connectivity index (χ4v) is 7.57. The normalized spacial score (nSPS) is 15.5. The minimum Gasteiger partial charge on any atom is -0.310 e. The SMILES string of the molecule is CC1(C)c2cc(-c3ccccc3)ccc2C(=O)c2ccc(-c3cccc(N4c5ccccc5C(C)(C)c5ccccc54)c3)cc21. The second-order valence-corrected chi connectivity index (χ2v) is 13.4. The van der Waals surface area contributed by atoms with Gasteiger partial charge in [-0.2, -0.15) is 0 Å². The summed E-state index contributed by atoms with van der Waals surface area (Å²) in [4.78, 5) is 16.2. The lowest BCUT2D eigenvalue weighted by Gasteiger charge is -2.42. The molecule has 0 N–H and O–H groups in total. The molecule has 218 valence electrons. The minimum absolute atomic E-state index is 0.100. The van der Waals surface area contributed by atoms with Gasteiger partial charge in [0.2, 0.25) is 0 Å². The van der Waals surface area contributed by atoms with E-state index >= 15 is 0 Å². The quantitative estimate of drug-likeness (QED) is 0.207. The predicted molar refractivity (Wildman–Crippen MR) is 186 cm³/mol. The van der Waals surface area contributed by atoms with Crippen LogP contribution >= 0.6 is 0 Å². The number of fused-ring (bicyclic) bond motifs is 4. The first-order valence-corrected chi connectivity index (χ1v) is 15.7. The topological polar surface area (TPSA) is 20.3 Å². The highest BCUT2D eigenvalue weighted by Crippen LogP contribution is 2.52. The van der Waals surface area contributed by atoms with Gasteiger partial charge >= 0.3 is 0 Å². The van der Waals surface area contributed by atoms with Gasteiger partial charge in [-0.3, -0.25) is 4.79 Å². The van der Waals surface area contributed by atoms with Crippen LogP contribution in [-0.4, -0.2) is 5.78 Å². The van der Waals surface area contributed by atoms with Gasteiger partial charge in [-0.15, -0.1) is 0 Å². The molecule has 45 heavy (non-hydrogen) atoms. The average Bonchev–Trinajstić information content (AvgIpc) is 3.08. The summed E-state index contributed by atoms with van der Waals surface area (Å²) in [5.41, 5.74) is 14.0. The molecule has 2 nitrogen and oxygen atoms in total. The van der Waals surface area contributed by atoms with E-state index in [1.807, 2.05) is 18.2 Å². The number of carbonyl (C=O) groups is 1. The van der Waals surface area contributed by atoms with Gasteiger partial charge in [0.25, 0.3) is 0 Å². The van der Waals surface area contributed by atoms with Crippen molar-refractivity contribution in [2.45, 2.75) is 38.5 Å². The van der Waals surface area contributed by atoms with Crippen LogP contribution in [0.2, 0.25) is 0 Å². The van der Waals surface area contributed by atoms with Crippen molar-refractivity contribution in [3.8, 4) is 22.3 Å². The minimum atomic E-state index is -0.340. The van der Waals surface area contributed by atoms with E-state index in [9.17, 15) is 4.79 Å². The molecule has 2 aliphatic rings. The van der Waals surface area contributed by atoms with Crippen LogP contribution in [0, 0.1) is 0 Å². The summed E-state index contributed by atoms with van der Waals surface area (Å²) in [5, 5.41) is 0. The van der Waals surface area contributed by atoms with Crippen LogP contribution in [0.15, 0.2) is 140 Å². The summed E-state index contributed by atoms with van der Waals surface area (Å²) in [6.07, 6.45) is 0. The van der Waals surface area contributed by atoms with E-state index in [1.165, 1.54) is 22.5 Å². The predicted octanol–water partition coefficient (Wildman–Crippen LogP) is 11.0. The summed E-state index contributed by atoms with van der Waals surface area (Å²) in [6.45, 7) is 9.12. The molecule has 6 aromatic rings. The molecular weight excluding hydrogens is 546 g/mol. The molecule has 6 aromatic carbocycles. The Balaban J connectivity index is 1.23. The monoisotopic (exact) mass is 581 g/mol. The Hall–Kier alpha value is -5.21. The standard InChI is InChI=1S/C43H35NO/c1-42(2)35-17-8-10-19-39(35)44(40-20-11-9-18-36(40)42)32-16-12-15-29(25-32)31-22-24-34-38(27-31)43(3,4)37-26-30(21-23-33(37)41(34)45)28-13-6-5-7-14-28/h5-27H,1-4H3. The molecule has 0 radical (unpaired) electrons. The number of hydrogen-bond acceptors (Lipinski definition) is 2. The van der Waals surface area contributed by atoms with E-state index in [0.29, 0.717) is 0 Å². The molecule has 1 aliphatic heterocycles. The van der Waals surface area contributed by atoms with Gasteiger partial charge in [0.15, 0.2) is 5.78 Å². The van der Waals surface area contributed by atoms with E-state index in [-0.39, 0.29) is 16.6 Å². The summed E-state index contributed by atoms with van der Waals surface area (Å²) in [6, 6.07) is 49.4. The number of nitrogens with zero attached hydrogens (tertiary/aromatic N) is 1. The molecule has 0 spiro atoms. The van der Waals surface area contributed by atoms with Gasteiger partial charge in [0.1, 0.15) is 0 Å². The zero-order valence-electron chi connectivity index (χ0n) is 26.1. The lowest BCUT2D eigenvalue weighted by atomic mass is 9.67. The highest BCUT2D eigenvalue weighted by atomic mass is 16.1. The van der Waals surface area contributed by atoms with Crippen molar-refractivity contribution in [1.29, 1.82) is 0 Å². The first-order chi connectivity index (χ1) is 21.7. The average molecular weight is 582 g/mol.